The number of halogens is 1. The third-order valence-corrected chi connectivity index (χ3v) is 6.91. The van der Waals surface area contributed by atoms with Crippen molar-refractivity contribution in [1.29, 1.82) is 0 Å². The quantitative estimate of drug-likeness (QED) is 0.238. The molecule has 37 heavy (non-hydrogen) atoms. The van der Waals surface area contributed by atoms with Crippen molar-refractivity contribution in [3.05, 3.63) is 62.6 Å². The highest BCUT2D eigenvalue weighted by atomic mass is 79.9. The van der Waals surface area contributed by atoms with E-state index in [1.807, 2.05) is 25.1 Å². The van der Waals surface area contributed by atoms with Crippen molar-refractivity contribution in [3.8, 4) is 11.5 Å². The largest absolute Gasteiger partial charge is 0.490 e. The highest BCUT2D eigenvalue weighted by Crippen LogP contribution is 2.37. The fourth-order valence-electron chi connectivity index (χ4n) is 4.53. The highest BCUT2D eigenvalue weighted by molar-refractivity contribution is 9.10. The molecule has 1 aliphatic carbocycles. The zero-order valence-corrected chi connectivity index (χ0v) is 23.0. The Hall–Kier alpha value is -3.20. The Bertz CT molecular complexity index is 1350. The number of aromatic nitrogens is 2. The third kappa shape index (κ3) is 6.21. The van der Waals surface area contributed by atoms with Gasteiger partial charge in [-0.1, -0.05) is 31.4 Å². The first-order valence-electron chi connectivity index (χ1n) is 12.8. The minimum absolute atomic E-state index is 0.185. The van der Waals surface area contributed by atoms with Crippen molar-refractivity contribution in [2.45, 2.75) is 64.9 Å². The summed E-state index contributed by atoms with van der Waals surface area (Å²) in [6.45, 7) is 5.91. The summed E-state index contributed by atoms with van der Waals surface area (Å²) in [5.74, 6) is 1.28. The number of hydrogen-bond donors (Lipinski definition) is 0. The molecule has 0 N–H and O–H groups in total. The van der Waals surface area contributed by atoms with Gasteiger partial charge in [0.2, 0.25) is 0 Å². The van der Waals surface area contributed by atoms with Gasteiger partial charge in [-0.2, -0.15) is 9.78 Å². The molecule has 3 aromatic rings. The molecule has 8 nitrogen and oxygen atoms in total. The molecule has 1 aromatic heterocycles. The van der Waals surface area contributed by atoms with Gasteiger partial charge in [0.15, 0.2) is 17.6 Å². The second kappa shape index (κ2) is 12.4. The first-order chi connectivity index (χ1) is 17.9. The molecule has 1 fully saturated rings. The van der Waals surface area contributed by atoms with Crippen LogP contribution in [-0.4, -0.2) is 41.2 Å². The van der Waals surface area contributed by atoms with Gasteiger partial charge >= 0.3 is 5.97 Å². The van der Waals surface area contributed by atoms with Crippen LogP contribution in [0.15, 0.2) is 50.8 Å². The Labute approximate surface area is 224 Å². The van der Waals surface area contributed by atoms with Gasteiger partial charge in [0.25, 0.3) is 5.56 Å². The highest BCUT2D eigenvalue weighted by Gasteiger charge is 2.23. The maximum Gasteiger partial charge on any atom is 0.347 e. The molecule has 9 heteroatoms. The fraction of sp³-hybridized carbons (Fsp3) is 0.429. The maximum absolute atomic E-state index is 13.5. The lowest BCUT2D eigenvalue weighted by molar-refractivity contribution is -0.150. The lowest BCUT2D eigenvalue weighted by atomic mass is 9.88. The second-order valence-corrected chi connectivity index (χ2v) is 9.81. The predicted molar refractivity (Wildman–Crippen MR) is 147 cm³/mol. The second-order valence-electron chi connectivity index (χ2n) is 8.96. The van der Waals surface area contributed by atoms with Crippen molar-refractivity contribution < 1.29 is 19.0 Å². The minimum atomic E-state index is -0.810. The Morgan fingerprint density at radius 3 is 2.68 bits per heavy atom. The van der Waals surface area contributed by atoms with Gasteiger partial charge < -0.3 is 14.2 Å². The van der Waals surface area contributed by atoms with Crippen LogP contribution in [0.1, 0.15) is 70.2 Å². The Morgan fingerprint density at radius 2 is 1.95 bits per heavy atom. The first-order valence-corrected chi connectivity index (χ1v) is 13.6. The van der Waals surface area contributed by atoms with Crippen molar-refractivity contribution in [1.82, 2.24) is 9.66 Å². The summed E-state index contributed by atoms with van der Waals surface area (Å²) in [5, 5.41) is 5.15. The van der Waals surface area contributed by atoms with E-state index in [1.54, 1.807) is 38.3 Å². The van der Waals surface area contributed by atoms with E-state index in [-0.39, 0.29) is 18.1 Å². The van der Waals surface area contributed by atoms with E-state index < -0.39 is 12.1 Å². The van der Waals surface area contributed by atoms with Crippen LogP contribution < -0.4 is 15.0 Å². The van der Waals surface area contributed by atoms with Gasteiger partial charge in [0.1, 0.15) is 5.82 Å². The van der Waals surface area contributed by atoms with Crippen molar-refractivity contribution >= 4 is 39.0 Å². The van der Waals surface area contributed by atoms with Crippen molar-refractivity contribution in [2.24, 2.45) is 5.10 Å². The van der Waals surface area contributed by atoms with Crippen LogP contribution in [0.2, 0.25) is 0 Å². The van der Waals surface area contributed by atoms with E-state index in [4.69, 9.17) is 19.2 Å². The SMILES string of the molecule is CCOC(=O)[C@@H](C)Oc1c(Br)cc(C=Nn2c(C3CCCCC3)nc3ccccc3c2=O)cc1OCC. The van der Waals surface area contributed by atoms with Gasteiger partial charge in [0, 0.05) is 5.92 Å². The molecule has 0 spiro atoms. The molecule has 2 aromatic carbocycles. The lowest BCUT2D eigenvalue weighted by Gasteiger charge is -2.22. The Balaban J connectivity index is 1.72. The Morgan fingerprint density at radius 1 is 1.19 bits per heavy atom. The first kappa shape index (κ1) is 26.9. The van der Waals surface area contributed by atoms with Gasteiger partial charge in [-0.3, -0.25) is 4.79 Å². The van der Waals surface area contributed by atoms with E-state index in [0.29, 0.717) is 44.9 Å². The topological polar surface area (TPSA) is 92.0 Å². The van der Waals surface area contributed by atoms with Crippen molar-refractivity contribution in [3.63, 3.8) is 0 Å². The zero-order chi connectivity index (χ0) is 26.4. The molecule has 0 unspecified atom stereocenters. The minimum Gasteiger partial charge on any atom is -0.490 e. The van der Waals surface area contributed by atoms with Gasteiger partial charge in [-0.25, -0.2) is 9.78 Å². The van der Waals surface area contributed by atoms with E-state index in [9.17, 15) is 9.59 Å². The number of nitrogens with zero attached hydrogens (tertiary/aromatic N) is 3. The number of para-hydroxylation sites is 1. The monoisotopic (exact) mass is 569 g/mol. The lowest BCUT2D eigenvalue weighted by Crippen LogP contribution is -2.26. The van der Waals surface area contributed by atoms with Crippen molar-refractivity contribution in [2.75, 3.05) is 13.2 Å². The molecule has 0 saturated heterocycles. The molecule has 196 valence electrons. The van der Waals surface area contributed by atoms with E-state index in [1.165, 1.54) is 11.1 Å². The van der Waals surface area contributed by atoms with Crippen LogP contribution in [0.5, 0.6) is 11.5 Å². The zero-order valence-electron chi connectivity index (χ0n) is 21.4. The fourth-order valence-corrected chi connectivity index (χ4v) is 5.08. The number of carbonyl (C=O) groups excluding carboxylic acids is 1. The molecule has 1 saturated carbocycles. The predicted octanol–water partition coefficient (Wildman–Crippen LogP) is 5.82. The molecule has 1 heterocycles. The van der Waals surface area contributed by atoms with Crippen LogP contribution in [-0.2, 0) is 9.53 Å². The molecule has 4 rings (SSSR count). The van der Waals surface area contributed by atoms with E-state index in [0.717, 1.165) is 25.7 Å². The summed E-state index contributed by atoms with van der Waals surface area (Å²) in [6, 6.07) is 11.0. The Kier molecular flexibility index (Phi) is 8.97. The molecular formula is C28H32BrN3O5. The summed E-state index contributed by atoms with van der Waals surface area (Å²) >= 11 is 3.54. The standard InChI is InChI=1S/C28H32BrN3O5/c1-4-35-24-16-19(15-22(29)25(24)37-18(3)28(34)36-5-2)17-30-32-26(20-11-7-6-8-12-20)31-23-14-10-9-13-21(23)27(32)33/h9-10,13-18,20H,4-8,11-12H2,1-3H3/t18-/m1/s1. The normalized spacial score (nSPS) is 15.1. The number of carbonyl (C=O) groups is 1. The van der Waals surface area contributed by atoms with E-state index >= 15 is 0 Å². The number of esters is 1. The molecule has 1 aliphatic rings. The number of benzene rings is 2. The van der Waals surface area contributed by atoms with Gasteiger partial charge in [-0.05, 0) is 79.4 Å². The number of ether oxygens (including phenoxy) is 3. The van der Waals surface area contributed by atoms with Crippen LogP contribution in [0.3, 0.4) is 0 Å². The molecule has 0 aliphatic heterocycles. The van der Waals surface area contributed by atoms with E-state index in [2.05, 4.69) is 21.0 Å². The number of rotatable bonds is 9. The smallest absolute Gasteiger partial charge is 0.347 e. The average molecular weight is 570 g/mol. The number of fused-ring (bicyclic) bond motifs is 1. The average Bonchev–Trinajstić information content (AvgIpc) is 2.90. The molecular weight excluding hydrogens is 538 g/mol. The summed E-state index contributed by atoms with van der Waals surface area (Å²) in [7, 11) is 0. The van der Waals surface area contributed by atoms with Crippen LogP contribution >= 0.6 is 15.9 Å². The molecule has 0 radical (unpaired) electrons. The van der Waals surface area contributed by atoms with Crippen LogP contribution in [0, 0.1) is 0 Å². The summed E-state index contributed by atoms with van der Waals surface area (Å²) < 4.78 is 18.8. The summed E-state index contributed by atoms with van der Waals surface area (Å²) in [4.78, 5) is 30.4. The van der Waals surface area contributed by atoms with Crippen LogP contribution in [0.4, 0.5) is 0 Å². The molecule has 0 bridgehead atoms. The van der Waals surface area contributed by atoms with Crippen LogP contribution in [0.25, 0.3) is 10.9 Å². The summed E-state index contributed by atoms with van der Waals surface area (Å²) in [5.41, 5.74) is 1.20. The maximum atomic E-state index is 13.5. The summed E-state index contributed by atoms with van der Waals surface area (Å²) in [6.07, 6.45) is 6.23. The third-order valence-electron chi connectivity index (χ3n) is 6.32. The molecule has 1 atom stereocenters. The van der Waals surface area contributed by atoms with Gasteiger partial charge in [-0.15, -0.1) is 0 Å². The van der Waals surface area contributed by atoms with Gasteiger partial charge in [0.05, 0.1) is 34.8 Å². The number of hydrogen-bond acceptors (Lipinski definition) is 7. The molecule has 0 amide bonds.